The number of morpholine rings is 1. The maximum atomic E-state index is 5.43. The second kappa shape index (κ2) is 9.40. The number of thiophene rings is 1. The average molecular weight is 366 g/mol. The maximum Gasteiger partial charge on any atom is 0.193 e. The first-order valence-electron chi connectivity index (χ1n) is 9.30. The Labute approximate surface area is 155 Å². The lowest BCUT2D eigenvalue weighted by atomic mass is 10.1. The van der Waals surface area contributed by atoms with E-state index in [1.54, 1.807) is 0 Å². The van der Waals surface area contributed by atoms with Gasteiger partial charge in [-0.15, -0.1) is 11.3 Å². The lowest BCUT2D eigenvalue weighted by Crippen LogP contribution is -2.53. The maximum absolute atomic E-state index is 5.43. The number of hydrogen-bond acceptors (Lipinski definition) is 5. The molecular formula is C18H31N5OS. The van der Waals surface area contributed by atoms with Crippen LogP contribution in [0.3, 0.4) is 0 Å². The highest BCUT2D eigenvalue weighted by Gasteiger charge is 2.21. The summed E-state index contributed by atoms with van der Waals surface area (Å²) in [6.45, 7) is 12.4. The van der Waals surface area contributed by atoms with Crippen molar-refractivity contribution >= 4 is 22.3 Å². The number of ether oxygens (including phenoxy) is 1. The molecular weight excluding hydrogens is 334 g/mol. The molecule has 1 atom stereocenters. The standard InChI is InChI=1S/C18H31N5OS/c1-16(15-21-9-11-24-12-10-21)14-20-18(19-2)23-7-5-22(6-8-23)17-4-3-13-25-17/h3-4,13,16H,5-12,14-15H2,1-2H3,(H,19,20). The molecule has 1 N–H and O–H groups in total. The molecule has 25 heavy (non-hydrogen) atoms. The topological polar surface area (TPSA) is 43.3 Å². The van der Waals surface area contributed by atoms with Crippen LogP contribution in [0.1, 0.15) is 6.92 Å². The Bertz CT molecular complexity index is 522. The minimum Gasteiger partial charge on any atom is -0.379 e. The molecule has 0 amide bonds. The van der Waals surface area contributed by atoms with Gasteiger partial charge in [0.25, 0.3) is 0 Å². The van der Waals surface area contributed by atoms with E-state index in [1.165, 1.54) is 5.00 Å². The lowest BCUT2D eigenvalue weighted by molar-refractivity contribution is 0.0320. The molecule has 1 aromatic heterocycles. The number of guanidine groups is 1. The predicted octanol–water partition coefficient (Wildman–Crippen LogP) is 1.41. The summed E-state index contributed by atoms with van der Waals surface area (Å²) >= 11 is 1.82. The van der Waals surface area contributed by atoms with Crippen LogP contribution in [0.25, 0.3) is 0 Å². The zero-order valence-electron chi connectivity index (χ0n) is 15.5. The van der Waals surface area contributed by atoms with Crippen LogP contribution in [0, 0.1) is 5.92 Å². The minimum atomic E-state index is 0.599. The number of anilines is 1. The number of rotatable bonds is 5. The Kier molecular flexibility index (Phi) is 6.95. The Morgan fingerprint density at radius 2 is 2.00 bits per heavy atom. The van der Waals surface area contributed by atoms with Crippen molar-refractivity contribution in [2.24, 2.45) is 10.9 Å². The van der Waals surface area contributed by atoms with Gasteiger partial charge in [0, 0.05) is 59.4 Å². The molecule has 2 aliphatic rings. The molecule has 3 rings (SSSR count). The fourth-order valence-electron chi connectivity index (χ4n) is 3.48. The van der Waals surface area contributed by atoms with Crippen LogP contribution in [0.2, 0.25) is 0 Å². The van der Waals surface area contributed by atoms with Gasteiger partial charge in [-0.25, -0.2) is 0 Å². The quantitative estimate of drug-likeness (QED) is 0.631. The number of aliphatic imine (C=N–C) groups is 1. The van der Waals surface area contributed by atoms with Gasteiger partial charge < -0.3 is 19.9 Å². The lowest BCUT2D eigenvalue weighted by Gasteiger charge is -2.37. The van der Waals surface area contributed by atoms with Crippen molar-refractivity contribution < 1.29 is 4.74 Å². The van der Waals surface area contributed by atoms with Gasteiger partial charge in [0.2, 0.25) is 0 Å². The molecule has 2 saturated heterocycles. The molecule has 6 nitrogen and oxygen atoms in total. The van der Waals surface area contributed by atoms with Crippen LogP contribution >= 0.6 is 11.3 Å². The molecule has 1 aromatic rings. The predicted molar refractivity (Wildman–Crippen MR) is 106 cm³/mol. The molecule has 0 aromatic carbocycles. The summed E-state index contributed by atoms with van der Waals surface area (Å²) in [6, 6.07) is 4.34. The van der Waals surface area contributed by atoms with E-state index in [0.29, 0.717) is 5.92 Å². The molecule has 0 saturated carbocycles. The molecule has 2 fully saturated rings. The van der Waals surface area contributed by atoms with Gasteiger partial charge in [0.15, 0.2) is 5.96 Å². The van der Waals surface area contributed by atoms with Crippen LogP contribution in [-0.2, 0) is 4.74 Å². The van der Waals surface area contributed by atoms with E-state index in [1.807, 2.05) is 18.4 Å². The highest BCUT2D eigenvalue weighted by Crippen LogP contribution is 2.22. The highest BCUT2D eigenvalue weighted by molar-refractivity contribution is 7.14. The molecule has 0 spiro atoms. The summed E-state index contributed by atoms with van der Waals surface area (Å²) in [5.74, 6) is 1.64. The molecule has 2 aliphatic heterocycles. The second-order valence-electron chi connectivity index (χ2n) is 6.87. The molecule has 140 valence electrons. The zero-order chi connectivity index (χ0) is 17.5. The van der Waals surface area contributed by atoms with Gasteiger partial charge in [-0.1, -0.05) is 6.92 Å². The van der Waals surface area contributed by atoms with E-state index in [4.69, 9.17) is 4.74 Å². The molecule has 7 heteroatoms. The molecule has 0 radical (unpaired) electrons. The van der Waals surface area contributed by atoms with E-state index in [2.05, 4.69) is 49.4 Å². The molecule has 3 heterocycles. The summed E-state index contributed by atoms with van der Waals surface area (Å²) in [5, 5.41) is 7.11. The Morgan fingerprint density at radius 3 is 2.64 bits per heavy atom. The smallest absolute Gasteiger partial charge is 0.193 e. The van der Waals surface area contributed by atoms with Crippen molar-refractivity contribution in [1.29, 1.82) is 0 Å². The van der Waals surface area contributed by atoms with Crippen molar-refractivity contribution in [1.82, 2.24) is 15.1 Å². The number of nitrogens with zero attached hydrogens (tertiary/aromatic N) is 4. The fraction of sp³-hybridized carbons (Fsp3) is 0.722. The first kappa shape index (κ1) is 18.5. The Balaban J connectivity index is 1.40. The van der Waals surface area contributed by atoms with Crippen LogP contribution in [-0.4, -0.2) is 88.4 Å². The normalized spacial score (nSPS) is 21.4. The molecule has 0 bridgehead atoms. The van der Waals surface area contributed by atoms with Crippen molar-refractivity contribution in [2.75, 3.05) is 77.5 Å². The van der Waals surface area contributed by atoms with E-state index < -0.39 is 0 Å². The molecule has 1 unspecified atom stereocenters. The van der Waals surface area contributed by atoms with Crippen molar-refractivity contribution in [3.63, 3.8) is 0 Å². The Hall–Kier alpha value is -1.31. The summed E-state index contributed by atoms with van der Waals surface area (Å²) in [6.07, 6.45) is 0. The number of hydrogen-bond donors (Lipinski definition) is 1. The van der Waals surface area contributed by atoms with Gasteiger partial charge in [-0.2, -0.15) is 0 Å². The van der Waals surface area contributed by atoms with E-state index >= 15 is 0 Å². The average Bonchev–Trinajstić information content (AvgIpc) is 3.18. The SMILES string of the molecule is CN=C(NCC(C)CN1CCOCC1)N1CCN(c2cccs2)CC1. The van der Waals surface area contributed by atoms with Gasteiger partial charge in [0.05, 0.1) is 18.2 Å². The largest absolute Gasteiger partial charge is 0.379 e. The second-order valence-corrected chi connectivity index (χ2v) is 7.80. The summed E-state index contributed by atoms with van der Waals surface area (Å²) in [5.41, 5.74) is 0. The van der Waals surface area contributed by atoms with Gasteiger partial charge >= 0.3 is 0 Å². The first-order valence-corrected chi connectivity index (χ1v) is 10.2. The van der Waals surface area contributed by atoms with Crippen molar-refractivity contribution in [2.45, 2.75) is 6.92 Å². The van der Waals surface area contributed by atoms with Gasteiger partial charge in [-0.3, -0.25) is 9.89 Å². The minimum absolute atomic E-state index is 0.599. The van der Waals surface area contributed by atoms with Crippen LogP contribution in [0.4, 0.5) is 5.00 Å². The van der Waals surface area contributed by atoms with Crippen molar-refractivity contribution in [3.8, 4) is 0 Å². The third-order valence-electron chi connectivity index (χ3n) is 4.89. The number of nitrogens with one attached hydrogen (secondary N) is 1. The Morgan fingerprint density at radius 1 is 1.24 bits per heavy atom. The van der Waals surface area contributed by atoms with Crippen LogP contribution in [0.5, 0.6) is 0 Å². The third-order valence-corrected chi connectivity index (χ3v) is 5.82. The zero-order valence-corrected chi connectivity index (χ0v) is 16.3. The van der Waals surface area contributed by atoms with Crippen LogP contribution in [0.15, 0.2) is 22.5 Å². The van der Waals surface area contributed by atoms with Gasteiger partial charge in [0.1, 0.15) is 0 Å². The van der Waals surface area contributed by atoms with Gasteiger partial charge in [-0.05, 0) is 23.4 Å². The van der Waals surface area contributed by atoms with Crippen molar-refractivity contribution in [3.05, 3.63) is 17.5 Å². The van der Waals surface area contributed by atoms with E-state index in [-0.39, 0.29) is 0 Å². The van der Waals surface area contributed by atoms with Crippen LogP contribution < -0.4 is 10.2 Å². The van der Waals surface area contributed by atoms with E-state index in [9.17, 15) is 0 Å². The molecule has 0 aliphatic carbocycles. The summed E-state index contributed by atoms with van der Waals surface area (Å²) in [7, 11) is 1.89. The van der Waals surface area contributed by atoms with E-state index in [0.717, 1.165) is 71.5 Å². The first-order chi connectivity index (χ1) is 12.3. The number of piperazine rings is 1. The fourth-order valence-corrected chi connectivity index (χ4v) is 4.26. The highest BCUT2D eigenvalue weighted by atomic mass is 32.1. The summed E-state index contributed by atoms with van der Waals surface area (Å²) < 4.78 is 5.43. The monoisotopic (exact) mass is 365 g/mol. The third kappa shape index (κ3) is 5.33. The summed E-state index contributed by atoms with van der Waals surface area (Å²) in [4.78, 5) is 11.8.